The van der Waals surface area contributed by atoms with E-state index in [-0.39, 0.29) is 0 Å². The molecule has 0 aliphatic heterocycles. The zero-order valence-electron chi connectivity index (χ0n) is 11.6. The van der Waals surface area contributed by atoms with Gasteiger partial charge in [-0.3, -0.25) is 0 Å². The van der Waals surface area contributed by atoms with Crippen LogP contribution in [0.5, 0.6) is 0 Å². The van der Waals surface area contributed by atoms with Gasteiger partial charge in [-0.2, -0.15) is 0 Å². The Morgan fingerprint density at radius 3 is 2.67 bits per heavy atom. The van der Waals surface area contributed by atoms with Crippen LogP contribution in [0.15, 0.2) is 28.6 Å². The van der Waals surface area contributed by atoms with Gasteiger partial charge in [0.25, 0.3) is 0 Å². The van der Waals surface area contributed by atoms with E-state index < -0.39 is 0 Å². The third-order valence-electron chi connectivity index (χ3n) is 2.27. The van der Waals surface area contributed by atoms with Gasteiger partial charge in [0, 0.05) is 16.5 Å². The van der Waals surface area contributed by atoms with Crippen LogP contribution in [0.25, 0.3) is 0 Å². The number of hydrogen-bond donors (Lipinski definition) is 2. The maximum absolute atomic E-state index is 5.84. The number of thioether (sulfide) groups is 1. The van der Waals surface area contributed by atoms with Gasteiger partial charge < -0.3 is 10.6 Å². The molecule has 0 atom stereocenters. The lowest BCUT2D eigenvalue weighted by Crippen LogP contribution is -2.18. The van der Waals surface area contributed by atoms with Crippen molar-refractivity contribution >= 4 is 62.8 Å². The number of nitrogens with zero attached hydrogens (tertiary/aromatic N) is 2. The first-order valence-electron chi connectivity index (χ1n) is 6.33. The third-order valence-corrected chi connectivity index (χ3v) is 5.12. The second kappa shape index (κ2) is 7.93. The van der Waals surface area contributed by atoms with Crippen LogP contribution in [0.4, 0.5) is 10.8 Å². The van der Waals surface area contributed by atoms with E-state index in [4.69, 9.17) is 23.8 Å². The molecule has 2 rings (SSSR count). The highest BCUT2D eigenvalue weighted by Crippen LogP contribution is 2.27. The van der Waals surface area contributed by atoms with Crippen molar-refractivity contribution in [3.8, 4) is 0 Å². The number of thiocarbonyl (C=S) groups is 1. The van der Waals surface area contributed by atoms with Gasteiger partial charge in [0.05, 0.1) is 0 Å². The average molecular weight is 359 g/mol. The molecule has 1 aromatic carbocycles. The van der Waals surface area contributed by atoms with Crippen LogP contribution in [0.1, 0.15) is 13.8 Å². The van der Waals surface area contributed by atoms with Gasteiger partial charge in [-0.1, -0.05) is 48.5 Å². The molecule has 112 valence electrons. The number of benzene rings is 1. The maximum atomic E-state index is 5.84. The van der Waals surface area contributed by atoms with Crippen molar-refractivity contribution in [3.63, 3.8) is 0 Å². The summed E-state index contributed by atoms with van der Waals surface area (Å²) in [6.07, 6.45) is 0. The van der Waals surface area contributed by atoms with E-state index in [1.807, 2.05) is 12.1 Å². The first-order valence-corrected chi connectivity index (χ1v) is 8.91. The summed E-state index contributed by atoms with van der Waals surface area (Å²) >= 11 is 14.3. The number of nitrogens with one attached hydrogen (secondary N) is 2. The van der Waals surface area contributed by atoms with Crippen molar-refractivity contribution in [1.82, 2.24) is 10.2 Å². The van der Waals surface area contributed by atoms with Crippen LogP contribution in [0, 0.1) is 5.92 Å². The van der Waals surface area contributed by atoms with E-state index in [9.17, 15) is 0 Å². The minimum atomic E-state index is 0.480. The highest BCUT2D eigenvalue weighted by Gasteiger charge is 2.07. The molecule has 0 saturated carbocycles. The summed E-state index contributed by atoms with van der Waals surface area (Å²) < 4.78 is 0.945. The molecule has 0 aliphatic carbocycles. The first-order chi connectivity index (χ1) is 10.0. The van der Waals surface area contributed by atoms with Crippen molar-refractivity contribution in [2.75, 3.05) is 16.4 Å². The lowest BCUT2D eigenvalue weighted by atomic mass is 10.3. The zero-order valence-corrected chi connectivity index (χ0v) is 14.8. The van der Waals surface area contributed by atoms with Crippen LogP contribution in [0.3, 0.4) is 0 Å². The van der Waals surface area contributed by atoms with Crippen LogP contribution in [-0.2, 0) is 0 Å². The van der Waals surface area contributed by atoms with E-state index in [1.54, 1.807) is 23.9 Å². The quantitative estimate of drug-likeness (QED) is 0.594. The molecule has 0 saturated heterocycles. The van der Waals surface area contributed by atoms with Crippen molar-refractivity contribution in [2.45, 2.75) is 18.2 Å². The van der Waals surface area contributed by atoms with Crippen molar-refractivity contribution in [3.05, 3.63) is 29.3 Å². The normalized spacial score (nSPS) is 10.7. The summed E-state index contributed by atoms with van der Waals surface area (Å²) in [4.78, 5) is 0. The summed E-state index contributed by atoms with van der Waals surface area (Å²) in [7, 11) is 0. The van der Waals surface area contributed by atoms with Gasteiger partial charge >= 0.3 is 0 Å². The second-order valence-electron chi connectivity index (χ2n) is 4.66. The third kappa shape index (κ3) is 5.78. The Labute approximate surface area is 142 Å². The van der Waals surface area contributed by atoms with Gasteiger partial charge in [-0.05, 0) is 42.4 Å². The molecular formula is C13H15ClN4S3. The SMILES string of the molecule is CC(C)CSc1nnc(NC(=S)Nc2ccc(Cl)cc2)s1. The molecular weight excluding hydrogens is 344 g/mol. The van der Waals surface area contributed by atoms with E-state index in [2.05, 4.69) is 34.7 Å². The Morgan fingerprint density at radius 2 is 2.00 bits per heavy atom. The molecule has 0 spiro atoms. The van der Waals surface area contributed by atoms with E-state index in [0.29, 0.717) is 21.2 Å². The molecule has 0 radical (unpaired) electrons. The molecule has 4 nitrogen and oxygen atoms in total. The van der Waals surface area contributed by atoms with Crippen molar-refractivity contribution < 1.29 is 0 Å². The second-order valence-corrected chi connectivity index (χ2v) is 7.75. The van der Waals surface area contributed by atoms with Crippen molar-refractivity contribution in [2.24, 2.45) is 5.92 Å². The Balaban J connectivity index is 1.86. The minimum absolute atomic E-state index is 0.480. The fourth-order valence-electron chi connectivity index (χ4n) is 1.35. The van der Waals surface area contributed by atoms with Crippen LogP contribution >= 0.6 is 46.9 Å². The Morgan fingerprint density at radius 1 is 1.29 bits per heavy atom. The number of aromatic nitrogens is 2. The molecule has 0 amide bonds. The minimum Gasteiger partial charge on any atom is -0.332 e. The molecule has 0 unspecified atom stereocenters. The molecule has 2 N–H and O–H groups in total. The molecule has 1 heterocycles. The lowest BCUT2D eigenvalue weighted by Gasteiger charge is -2.07. The van der Waals surface area contributed by atoms with Crippen molar-refractivity contribution in [1.29, 1.82) is 0 Å². The Bertz CT molecular complexity index is 598. The lowest BCUT2D eigenvalue weighted by molar-refractivity contribution is 0.749. The number of halogens is 1. The van der Waals surface area contributed by atoms with Gasteiger partial charge in [-0.25, -0.2) is 0 Å². The Hall–Kier alpha value is -0.890. The summed E-state index contributed by atoms with van der Waals surface area (Å²) in [5, 5.41) is 16.2. The smallest absolute Gasteiger partial charge is 0.212 e. The molecule has 0 bridgehead atoms. The van der Waals surface area contributed by atoms with Gasteiger partial charge in [0.1, 0.15) is 0 Å². The fraction of sp³-hybridized carbons (Fsp3) is 0.308. The van der Waals surface area contributed by atoms with E-state index in [0.717, 1.165) is 15.8 Å². The Kier molecular flexibility index (Phi) is 6.22. The number of anilines is 2. The van der Waals surface area contributed by atoms with Gasteiger partial charge in [-0.15, -0.1) is 10.2 Å². The molecule has 0 aliphatic rings. The molecule has 0 fully saturated rings. The van der Waals surface area contributed by atoms with Crippen LogP contribution in [-0.4, -0.2) is 21.1 Å². The van der Waals surface area contributed by atoms with E-state index >= 15 is 0 Å². The summed E-state index contributed by atoms with van der Waals surface area (Å²) in [5.41, 5.74) is 0.871. The standard InChI is InChI=1S/C13H15ClN4S3/c1-8(2)7-20-13-18-17-12(21-13)16-11(19)15-10-5-3-9(14)4-6-10/h3-6,8H,7H2,1-2H3,(H2,15,16,17,19). The van der Waals surface area contributed by atoms with Gasteiger partial charge in [0.15, 0.2) is 9.45 Å². The fourth-order valence-corrected chi connectivity index (χ4v) is 3.49. The topological polar surface area (TPSA) is 49.8 Å². The first kappa shape index (κ1) is 16.5. The highest BCUT2D eigenvalue weighted by molar-refractivity contribution is 8.01. The van der Waals surface area contributed by atoms with Crippen LogP contribution < -0.4 is 10.6 Å². The highest BCUT2D eigenvalue weighted by atomic mass is 35.5. The molecule has 8 heteroatoms. The summed E-state index contributed by atoms with van der Waals surface area (Å²) in [6.45, 7) is 4.36. The summed E-state index contributed by atoms with van der Waals surface area (Å²) in [6, 6.07) is 7.33. The monoisotopic (exact) mass is 358 g/mol. The molecule has 1 aromatic heterocycles. The predicted molar refractivity (Wildman–Crippen MR) is 96.8 cm³/mol. The zero-order chi connectivity index (χ0) is 15.2. The predicted octanol–water partition coefficient (Wildman–Crippen LogP) is 4.75. The molecule has 21 heavy (non-hydrogen) atoms. The van der Waals surface area contributed by atoms with Crippen LogP contribution in [0.2, 0.25) is 5.02 Å². The van der Waals surface area contributed by atoms with E-state index in [1.165, 1.54) is 11.3 Å². The largest absolute Gasteiger partial charge is 0.332 e. The maximum Gasteiger partial charge on any atom is 0.212 e. The number of rotatable bonds is 5. The van der Waals surface area contributed by atoms with Gasteiger partial charge in [0.2, 0.25) is 5.13 Å². The summed E-state index contributed by atoms with van der Waals surface area (Å²) in [5.74, 6) is 1.66. The molecule has 2 aromatic rings. The number of hydrogen-bond acceptors (Lipinski definition) is 5. The average Bonchev–Trinajstić information content (AvgIpc) is 2.86.